The molecule has 1 saturated heterocycles. The van der Waals surface area contributed by atoms with Gasteiger partial charge in [-0.1, -0.05) is 6.92 Å². The predicted molar refractivity (Wildman–Crippen MR) is 31.7 cm³/mol. The molecule has 0 aromatic carbocycles. The van der Waals surface area contributed by atoms with Crippen molar-refractivity contribution in [3.63, 3.8) is 0 Å². The minimum Gasteiger partial charge on any atom is -0.298 e. The van der Waals surface area contributed by atoms with Crippen LogP contribution in [0.4, 0.5) is 0 Å². The molecule has 0 radical (unpaired) electrons. The van der Waals surface area contributed by atoms with Crippen molar-refractivity contribution < 1.29 is 4.79 Å². The van der Waals surface area contributed by atoms with Crippen LogP contribution >= 0.6 is 0 Å². The first-order valence-corrected chi connectivity index (χ1v) is 2.91. The van der Waals surface area contributed by atoms with E-state index in [0.29, 0.717) is 12.3 Å². The molecule has 1 fully saturated rings. The molecular formula is C6H11NO. The van der Waals surface area contributed by atoms with Gasteiger partial charge in [0.1, 0.15) is 0 Å². The quantitative estimate of drug-likeness (QED) is 0.445. The van der Waals surface area contributed by atoms with Gasteiger partial charge in [0.05, 0.1) is 6.54 Å². The van der Waals surface area contributed by atoms with E-state index >= 15 is 0 Å². The van der Waals surface area contributed by atoms with Gasteiger partial charge >= 0.3 is 0 Å². The third kappa shape index (κ3) is 0.892. The maximum Gasteiger partial charge on any atom is 0.150 e. The Kier molecular flexibility index (Phi) is 1.34. The van der Waals surface area contributed by atoms with Crippen LogP contribution in [-0.4, -0.2) is 30.8 Å². The third-order valence-electron chi connectivity index (χ3n) is 1.56. The highest BCUT2D eigenvalue weighted by Crippen LogP contribution is 2.07. The lowest BCUT2D eigenvalue weighted by molar-refractivity contribution is -0.119. The molecule has 2 heteroatoms. The Morgan fingerprint density at radius 2 is 2.38 bits per heavy atom. The summed E-state index contributed by atoms with van der Waals surface area (Å²) in [6, 6.07) is 0. The second-order valence-corrected chi connectivity index (χ2v) is 2.56. The first-order valence-electron chi connectivity index (χ1n) is 2.91. The number of carbonyl (C=O) groups is 1. The van der Waals surface area contributed by atoms with Crippen LogP contribution in [0, 0.1) is 5.92 Å². The molecule has 0 aromatic heterocycles. The second-order valence-electron chi connectivity index (χ2n) is 2.56. The van der Waals surface area contributed by atoms with E-state index in [1.54, 1.807) is 0 Å². The summed E-state index contributed by atoms with van der Waals surface area (Å²) in [7, 11) is 1.97. The first kappa shape index (κ1) is 5.76. The molecule has 0 bridgehead atoms. The number of hydrogen-bond acceptors (Lipinski definition) is 2. The Labute approximate surface area is 49.5 Å². The van der Waals surface area contributed by atoms with Gasteiger partial charge in [-0.15, -0.1) is 0 Å². The van der Waals surface area contributed by atoms with Crippen LogP contribution in [-0.2, 0) is 4.79 Å². The van der Waals surface area contributed by atoms with E-state index in [4.69, 9.17) is 0 Å². The molecule has 1 rings (SSSR count). The molecule has 0 aliphatic carbocycles. The number of Topliss-reactive ketones (excluding diaryl/α,β-unsaturated/α-hetero) is 1. The van der Waals surface area contributed by atoms with Crippen molar-refractivity contribution in [3.05, 3.63) is 0 Å². The molecule has 0 saturated carbocycles. The highest BCUT2D eigenvalue weighted by atomic mass is 16.1. The SMILES string of the molecule is C[C@@H]1CN(C)CC1=O. The highest BCUT2D eigenvalue weighted by molar-refractivity contribution is 5.84. The number of ketones is 1. The Morgan fingerprint density at radius 3 is 2.50 bits per heavy atom. The van der Waals surface area contributed by atoms with Crippen LogP contribution in [0.3, 0.4) is 0 Å². The van der Waals surface area contributed by atoms with Crippen molar-refractivity contribution in [2.45, 2.75) is 6.92 Å². The van der Waals surface area contributed by atoms with Gasteiger partial charge in [0.25, 0.3) is 0 Å². The molecule has 0 amide bonds. The van der Waals surface area contributed by atoms with Crippen LogP contribution in [0.25, 0.3) is 0 Å². The summed E-state index contributed by atoms with van der Waals surface area (Å²) in [6.45, 7) is 3.58. The van der Waals surface area contributed by atoms with Crippen molar-refractivity contribution in [3.8, 4) is 0 Å². The van der Waals surface area contributed by atoms with E-state index in [1.807, 2.05) is 18.9 Å². The average Bonchev–Trinajstić information content (AvgIpc) is 1.85. The van der Waals surface area contributed by atoms with E-state index < -0.39 is 0 Å². The normalized spacial score (nSPS) is 31.8. The summed E-state index contributed by atoms with van der Waals surface area (Å²) in [6.07, 6.45) is 0. The van der Waals surface area contributed by atoms with Gasteiger partial charge in [-0.25, -0.2) is 0 Å². The van der Waals surface area contributed by atoms with Crippen LogP contribution in [0.15, 0.2) is 0 Å². The van der Waals surface area contributed by atoms with Crippen molar-refractivity contribution in [1.82, 2.24) is 4.90 Å². The average molecular weight is 113 g/mol. The molecule has 1 aliphatic rings. The maximum atomic E-state index is 10.7. The molecule has 1 aliphatic heterocycles. The van der Waals surface area contributed by atoms with E-state index in [0.717, 1.165) is 6.54 Å². The van der Waals surface area contributed by atoms with Gasteiger partial charge < -0.3 is 0 Å². The Morgan fingerprint density at radius 1 is 1.75 bits per heavy atom. The molecular weight excluding hydrogens is 102 g/mol. The molecule has 1 atom stereocenters. The number of nitrogens with zero attached hydrogens (tertiary/aromatic N) is 1. The van der Waals surface area contributed by atoms with Crippen LogP contribution in [0.2, 0.25) is 0 Å². The monoisotopic (exact) mass is 113 g/mol. The molecule has 46 valence electrons. The molecule has 2 nitrogen and oxygen atoms in total. The highest BCUT2D eigenvalue weighted by Gasteiger charge is 2.23. The van der Waals surface area contributed by atoms with Gasteiger partial charge in [0, 0.05) is 12.5 Å². The van der Waals surface area contributed by atoms with Crippen molar-refractivity contribution in [1.29, 1.82) is 0 Å². The van der Waals surface area contributed by atoms with Gasteiger partial charge in [0.15, 0.2) is 5.78 Å². The van der Waals surface area contributed by atoms with Gasteiger partial charge in [0.2, 0.25) is 0 Å². The Hall–Kier alpha value is -0.370. The molecule has 8 heavy (non-hydrogen) atoms. The standard InChI is InChI=1S/C6H11NO/c1-5-3-7(2)4-6(5)8/h5H,3-4H2,1-2H3/t5-/m1/s1. The summed E-state index contributed by atoms with van der Waals surface area (Å²) in [5.74, 6) is 0.660. The van der Waals surface area contributed by atoms with E-state index in [1.165, 1.54) is 0 Å². The largest absolute Gasteiger partial charge is 0.298 e. The minimum atomic E-state index is 0.278. The van der Waals surface area contributed by atoms with E-state index in [-0.39, 0.29) is 5.92 Å². The zero-order chi connectivity index (χ0) is 6.15. The summed E-state index contributed by atoms with van der Waals surface area (Å²) in [4.78, 5) is 12.8. The van der Waals surface area contributed by atoms with Crippen LogP contribution in [0.1, 0.15) is 6.92 Å². The Bertz CT molecular complexity index is 111. The summed E-state index contributed by atoms with van der Waals surface area (Å²) in [5.41, 5.74) is 0. The van der Waals surface area contributed by atoms with Gasteiger partial charge in [-0.3, -0.25) is 9.69 Å². The van der Waals surface area contributed by atoms with Gasteiger partial charge in [-0.05, 0) is 7.05 Å². The lowest BCUT2D eigenvalue weighted by Gasteiger charge is -2.01. The molecule has 0 unspecified atom stereocenters. The number of likely N-dealkylation sites (tertiary alicyclic amines) is 1. The summed E-state index contributed by atoms with van der Waals surface area (Å²) in [5, 5.41) is 0. The topological polar surface area (TPSA) is 20.3 Å². The molecule has 0 N–H and O–H groups in total. The van der Waals surface area contributed by atoms with Crippen LogP contribution in [0.5, 0.6) is 0 Å². The molecule has 0 spiro atoms. The van der Waals surface area contributed by atoms with Crippen LogP contribution < -0.4 is 0 Å². The minimum absolute atomic E-state index is 0.278. The van der Waals surface area contributed by atoms with Gasteiger partial charge in [-0.2, -0.15) is 0 Å². The lowest BCUT2D eigenvalue weighted by Crippen LogP contribution is -2.13. The number of hydrogen-bond donors (Lipinski definition) is 0. The maximum absolute atomic E-state index is 10.7. The lowest BCUT2D eigenvalue weighted by atomic mass is 10.1. The predicted octanol–water partition coefficient (Wildman–Crippen LogP) is 0.137. The third-order valence-corrected chi connectivity index (χ3v) is 1.56. The number of likely N-dealkylation sites (N-methyl/N-ethyl adjacent to an activating group) is 1. The van der Waals surface area contributed by atoms with Crippen molar-refractivity contribution in [2.24, 2.45) is 5.92 Å². The van der Waals surface area contributed by atoms with E-state index in [9.17, 15) is 4.79 Å². The van der Waals surface area contributed by atoms with Crippen molar-refractivity contribution in [2.75, 3.05) is 20.1 Å². The smallest absolute Gasteiger partial charge is 0.150 e. The summed E-state index contributed by atoms with van der Waals surface area (Å²) >= 11 is 0. The number of carbonyl (C=O) groups excluding carboxylic acids is 1. The first-order chi connectivity index (χ1) is 3.70. The second kappa shape index (κ2) is 1.86. The zero-order valence-corrected chi connectivity index (χ0v) is 5.35. The molecule has 1 heterocycles. The van der Waals surface area contributed by atoms with E-state index in [2.05, 4.69) is 0 Å². The summed E-state index contributed by atoms with van der Waals surface area (Å²) < 4.78 is 0. The fourth-order valence-corrected chi connectivity index (χ4v) is 1.06. The van der Waals surface area contributed by atoms with Crippen molar-refractivity contribution >= 4 is 5.78 Å². The fourth-order valence-electron chi connectivity index (χ4n) is 1.06. The molecule has 0 aromatic rings. The number of rotatable bonds is 0. The zero-order valence-electron chi connectivity index (χ0n) is 5.35. The Balaban J connectivity index is 2.51. The fraction of sp³-hybridized carbons (Fsp3) is 0.833.